The van der Waals surface area contributed by atoms with Gasteiger partial charge in [0, 0.05) is 32.2 Å². The lowest BCUT2D eigenvalue weighted by Crippen LogP contribution is -2.52. The van der Waals surface area contributed by atoms with Gasteiger partial charge in [-0.15, -0.1) is 0 Å². The van der Waals surface area contributed by atoms with E-state index in [1.807, 2.05) is 6.92 Å². The van der Waals surface area contributed by atoms with Gasteiger partial charge in [0.05, 0.1) is 5.69 Å². The second-order valence-electron chi connectivity index (χ2n) is 7.86. The minimum atomic E-state index is -4.22. The van der Waals surface area contributed by atoms with Crippen LogP contribution in [-0.4, -0.2) is 62.7 Å². The molecule has 0 aromatic heterocycles. The summed E-state index contributed by atoms with van der Waals surface area (Å²) in [5.41, 5.74) is 0.430. The lowest BCUT2D eigenvalue weighted by atomic mass is 10.1. The third kappa shape index (κ3) is 6.91. The second-order valence-corrected chi connectivity index (χ2v) is 10.4. The van der Waals surface area contributed by atoms with Crippen LogP contribution in [-0.2, 0) is 26.3 Å². The van der Waals surface area contributed by atoms with E-state index in [9.17, 15) is 22.4 Å². The highest BCUT2D eigenvalue weighted by atomic mass is 35.5. The van der Waals surface area contributed by atoms with Crippen LogP contribution in [0.4, 0.5) is 10.1 Å². The van der Waals surface area contributed by atoms with Crippen LogP contribution in [0.3, 0.4) is 0 Å². The molecule has 2 rings (SSSR count). The number of benzene rings is 2. The van der Waals surface area contributed by atoms with E-state index in [4.69, 9.17) is 11.6 Å². The van der Waals surface area contributed by atoms with Crippen LogP contribution in [0, 0.1) is 5.82 Å². The number of amides is 2. The highest BCUT2D eigenvalue weighted by Crippen LogP contribution is 2.24. The van der Waals surface area contributed by atoms with E-state index in [0.717, 1.165) is 10.4 Å². The van der Waals surface area contributed by atoms with Gasteiger partial charge in [-0.2, -0.15) is 12.7 Å². The third-order valence-electron chi connectivity index (χ3n) is 5.12. The minimum absolute atomic E-state index is 0.0316. The Bertz CT molecular complexity index is 1100. The Labute approximate surface area is 205 Å². The normalized spacial score (nSPS) is 12.3. The standard InChI is InChI=1S/C23H30ClFN4O4S/c1-5-14-26-23(31)17(2)28(15-18-10-12-19(24)13-11-18)22(30)16-29(34(32,33)27(3)4)21-9-7-6-8-20(21)25/h6-13,17H,5,14-16H2,1-4H3,(H,26,31)/t17-/m1/s1. The van der Waals surface area contributed by atoms with Crippen molar-refractivity contribution < 1.29 is 22.4 Å². The van der Waals surface area contributed by atoms with Crippen LogP contribution in [0.25, 0.3) is 0 Å². The average Bonchev–Trinajstić information content (AvgIpc) is 2.80. The molecule has 1 N–H and O–H groups in total. The molecule has 0 aliphatic carbocycles. The Hall–Kier alpha value is -2.69. The van der Waals surface area contributed by atoms with Crippen LogP contribution < -0.4 is 9.62 Å². The number of nitrogens with one attached hydrogen (secondary N) is 1. The van der Waals surface area contributed by atoms with Crippen LogP contribution in [0.1, 0.15) is 25.8 Å². The molecular weight excluding hydrogens is 483 g/mol. The quantitative estimate of drug-likeness (QED) is 0.501. The molecule has 2 aromatic carbocycles. The first-order valence-electron chi connectivity index (χ1n) is 10.7. The van der Waals surface area contributed by atoms with Gasteiger partial charge in [-0.3, -0.25) is 9.59 Å². The van der Waals surface area contributed by atoms with Gasteiger partial charge in [0.2, 0.25) is 11.8 Å². The van der Waals surface area contributed by atoms with Crippen molar-refractivity contribution in [3.8, 4) is 0 Å². The van der Waals surface area contributed by atoms with Crippen molar-refractivity contribution in [1.29, 1.82) is 0 Å². The number of nitrogens with zero attached hydrogens (tertiary/aromatic N) is 3. The first-order chi connectivity index (χ1) is 16.0. The molecule has 11 heteroatoms. The Morgan fingerprint density at radius 3 is 2.26 bits per heavy atom. The number of halogens is 2. The van der Waals surface area contributed by atoms with E-state index < -0.39 is 34.5 Å². The van der Waals surface area contributed by atoms with Crippen LogP contribution in [0.2, 0.25) is 5.02 Å². The maximum atomic E-state index is 14.6. The fraction of sp³-hybridized carbons (Fsp3) is 0.391. The maximum absolute atomic E-state index is 14.6. The lowest BCUT2D eigenvalue weighted by molar-refractivity contribution is -0.139. The summed E-state index contributed by atoms with van der Waals surface area (Å²) in [4.78, 5) is 27.4. The summed E-state index contributed by atoms with van der Waals surface area (Å²) in [6, 6.07) is 11.1. The fourth-order valence-corrected chi connectivity index (χ4v) is 4.31. The van der Waals surface area contributed by atoms with Crippen LogP contribution in [0.5, 0.6) is 0 Å². The van der Waals surface area contributed by atoms with Gasteiger partial charge in [0.25, 0.3) is 0 Å². The van der Waals surface area contributed by atoms with Gasteiger partial charge in [-0.05, 0) is 43.2 Å². The second kappa shape index (κ2) is 12.1. The molecule has 2 aromatic rings. The van der Waals surface area contributed by atoms with Gasteiger partial charge < -0.3 is 10.2 Å². The zero-order valence-electron chi connectivity index (χ0n) is 19.7. The monoisotopic (exact) mass is 512 g/mol. The Morgan fingerprint density at radius 2 is 1.71 bits per heavy atom. The molecule has 34 heavy (non-hydrogen) atoms. The molecule has 1 atom stereocenters. The number of para-hydroxylation sites is 1. The van der Waals surface area contributed by atoms with Gasteiger partial charge in [-0.25, -0.2) is 8.70 Å². The van der Waals surface area contributed by atoms with Crippen molar-refractivity contribution in [2.75, 3.05) is 31.5 Å². The molecule has 0 saturated heterocycles. The summed E-state index contributed by atoms with van der Waals surface area (Å²) >= 11 is 5.95. The molecule has 0 heterocycles. The molecule has 8 nitrogen and oxygen atoms in total. The molecular formula is C23H30ClFN4O4S. The highest BCUT2D eigenvalue weighted by Gasteiger charge is 2.33. The first kappa shape index (κ1) is 27.6. The summed E-state index contributed by atoms with van der Waals surface area (Å²) < 4.78 is 42.2. The Kier molecular flexibility index (Phi) is 9.84. The third-order valence-corrected chi connectivity index (χ3v) is 7.18. The number of hydrogen-bond donors (Lipinski definition) is 1. The summed E-state index contributed by atoms with van der Waals surface area (Å²) in [7, 11) is -1.64. The summed E-state index contributed by atoms with van der Waals surface area (Å²) in [5, 5.41) is 3.26. The molecule has 0 radical (unpaired) electrons. The number of rotatable bonds is 11. The molecule has 0 fully saturated rings. The van der Waals surface area contributed by atoms with Gasteiger partial charge in [-0.1, -0.05) is 42.8 Å². The van der Waals surface area contributed by atoms with E-state index in [1.54, 1.807) is 31.2 Å². The Balaban J connectivity index is 2.44. The first-order valence-corrected chi connectivity index (χ1v) is 12.5. The predicted molar refractivity (Wildman–Crippen MR) is 131 cm³/mol. The van der Waals surface area contributed by atoms with Crippen molar-refractivity contribution in [3.05, 3.63) is 64.9 Å². The molecule has 0 bridgehead atoms. The van der Waals surface area contributed by atoms with Crippen molar-refractivity contribution in [2.45, 2.75) is 32.9 Å². The van der Waals surface area contributed by atoms with Crippen molar-refractivity contribution >= 4 is 39.3 Å². The van der Waals surface area contributed by atoms with Crippen molar-refractivity contribution in [1.82, 2.24) is 14.5 Å². The number of carbonyl (C=O) groups is 2. The summed E-state index contributed by atoms with van der Waals surface area (Å²) in [6.07, 6.45) is 0.714. The SMILES string of the molecule is CCCNC(=O)[C@@H](C)N(Cc1ccc(Cl)cc1)C(=O)CN(c1ccccc1F)S(=O)(=O)N(C)C. The summed E-state index contributed by atoms with van der Waals surface area (Å²) in [6.45, 7) is 3.24. The molecule has 0 saturated carbocycles. The molecule has 0 unspecified atom stereocenters. The smallest absolute Gasteiger partial charge is 0.304 e. The molecule has 2 amide bonds. The van der Waals surface area contributed by atoms with E-state index in [1.165, 1.54) is 37.2 Å². The molecule has 0 aliphatic rings. The van der Waals surface area contributed by atoms with E-state index in [-0.39, 0.29) is 18.1 Å². The topological polar surface area (TPSA) is 90.0 Å². The van der Waals surface area contributed by atoms with Crippen LogP contribution in [0.15, 0.2) is 48.5 Å². The molecule has 186 valence electrons. The molecule has 0 aliphatic heterocycles. The number of anilines is 1. The van der Waals surface area contributed by atoms with E-state index in [0.29, 0.717) is 27.9 Å². The maximum Gasteiger partial charge on any atom is 0.304 e. The largest absolute Gasteiger partial charge is 0.354 e. The van der Waals surface area contributed by atoms with Gasteiger partial charge in [0.1, 0.15) is 18.4 Å². The highest BCUT2D eigenvalue weighted by molar-refractivity contribution is 7.90. The fourth-order valence-electron chi connectivity index (χ4n) is 3.12. The number of hydrogen-bond acceptors (Lipinski definition) is 4. The predicted octanol–water partition coefficient (Wildman–Crippen LogP) is 3.04. The zero-order chi connectivity index (χ0) is 25.5. The molecule has 0 spiro atoms. The van der Waals surface area contributed by atoms with Crippen molar-refractivity contribution in [3.63, 3.8) is 0 Å². The van der Waals surface area contributed by atoms with Crippen molar-refractivity contribution in [2.24, 2.45) is 0 Å². The minimum Gasteiger partial charge on any atom is -0.354 e. The Morgan fingerprint density at radius 1 is 1.09 bits per heavy atom. The summed E-state index contributed by atoms with van der Waals surface area (Å²) in [5.74, 6) is -1.83. The van der Waals surface area contributed by atoms with E-state index in [2.05, 4.69) is 5.32 Å². The van der Waals surface area contributed by atoms with Crippen LogP contribution >= 0.6 is 11.6 Å². The number of carbonyl (C=O) groups excluding carboxylic acids is 2. The van der Waals surface area contributed by atoms with E-state index >= 15 is 0 Å². The van der Waals surface area contributed by atoms with Gasteiger partial charge >= 0.3 is 10.2 Å². The average molecular weight is 513 g/mol. The lowest BCUT2D eigenvalue weighted by Gasteiger charge is -2.33. The zero-order valence-corrected chi connectivity index (χ0v) is 21.2. The van der Waals surface area contributed by atoms with Gasteiger partial charge in [0.15, 0.2) is 0 Å².